The van der Waals surface area contributed by atoms with Crippen LogP contribution in [0.5, 0.6) is 5.75 Å². The Bertz CT molecular complexity index is 845. The monoisotopic (exact) mass is 370 g/mol. The van der Waals surface area contributed by atoms with Gasteiger partial charge in [-0.05, 0) is 37.6 Å². The van der Waals surface area contributed by atoms with Gasteiger partial charge in [-0.15, -0.1) is 0 Å². The third-order valence-corrected chi connectivity index (χ3v) is 4.69. The Hall–Kier alpha value is -2.89. The first-order chi connectivity index (χ1) is 12.9. The first-order valence-electron chi connectivity index (χ1n) is 8.97. The molecule has 5 nitrogen and oxygen atoms in total. The van der Waals surface area contributed by atoms with Crippen LogP contribution in [-0.4, -0.2) is 54.4 Å². The Morgan fingerprint density at radius 3 is 2.37 bits per heavy atom. The van der Waals surface area contributed by atoms with Crippen molar-refractivity contribution in [1.82, 2.24) is 9.80 Å². The SMILES string of the molecule is Cc1ccc(C(=O)N2CCN(C(=O)COc3cccc(F)c3)CC2)c(C)c1. The number of aryl methyl sites for hydroxylation is 2. The average Bonchev–Trinajstić information content (AvgIpc) is 2.66. The summed E-state index contributed by atoms with van der Waals surface area (Å²) in [6.45, 7) is 5.68. The Morgan fingerprint density at radius 1 is 1.00 bits per heavy atom. The van der Waals surface area contributed by atoms with E-state index in [2.05, 4.69) is 0 Å². The highest BCUT2D eigenvalue weighted by Gasteiger charge is 2.25. The lowest BCUT2D eigenvalue weighted by molar-refractivity contribution is -0.134. The van der Waals surface area contributed by atoms with Gasteiger partial charge in [-0.25, -0.2) is 4.39 Å². The first kappa shape index (κ1) is 18.9. The fourth-order valence-corrected chi connectivity index (χ4v) is 3.18. The zero-order valence-electron chi connectivity index (χ0n) is 15.6. The van der Waals surface area contributed by atoms with Crippen LogP contribution in [0.25, 0.3) is 0 Å². The van der Waals surface area contributed by atoms with Gasteiger partial charge in [0.2, 0.25) is 0 Å². The molecule has 0 aromatic heterocycles. The molecule has 142 valence electrons. The number of halogens is 1. The van der Waals surface area contributed by atoms with Crippen molar-refractivity contribution in [3.05, 3.63) is 65.0 Å². The van der Waals surface area contributed by atoms with Gasteiger partial charge in [0.15, 0.2) is 6.61 Å². The lowest BCUT2D eigenvalue weighted by Gasteiger charge is -2.35. The molecule has 0 saturated carbocycles. The number of hydrogen-bond donors (Lipinski definition) is 0. The van der Waals surface area contributed by atoms with Crippen molar-refractivity contribution in [2.24, 2.45) is 0 Å². The fourth-order valence-electron chi connectivity index (χ4n) is 3.18. The maximum absolute atomic E-state index is 13.1. The summed E-state index contributed by atoms with van der Waals surface area (Å²) in [4.78, 5) is 28.5. The Balaban J connectivity index is 1.52. The van der Waals surface area contributed by atoms with Crippen LogP contribution in [-0.2, 0) is 4.79 Å². The second kappa shape index (κ2) is 8.20. The minimum Gasteiger partial charge on any atom is -0.484 e. The third-order valence-electron chi connectivity index (χ3n) is 4.69. The molecule has 0 N–H and O–H groups in total. The van der Waals surface area contributed by atoms with E-state index in [4.69, 9.17) is 4.74 Å². The molecule has 1 saturated heterocycles. The predicted octanol–water partition coefficient (Wildman–Crippen LogP) is 2.81. The normalized spacial score (nSPS) is 14.2. The molecule has 0 bridgehead atoms. The topological polar surface area (TPSA) is 49.9 Å². The van der Waals surface area contributed by atoms with Crippen molar-refractivity contribution in [3.63, 3.8) is 0 Å². The van der Waals surface area contributed by atoms with E-state index in [1.165, 1.54) is 18.2 Å². The number of ether oxygens (including phenoxy) is 1. The Labute approximate surface area is 158 Å². The third kappa shape index (κ3) is 4.64. The summed E-state index contributed by atoms with van der Waals surface area (Å²) in [5.74, 6) is -0.251. The number of amides is 2. The zero-order chi connectivity index (χ0) is 19.4. The number of carbonyl (C=O) groups excluding carboxylic acids is 2. The van der Waals surface area contributed by atoms with Crippen LogP contribution in [0.3, 0.4) is 0 Å². The molecule has 1 fully saturated rings. The predicted molar refractivity (Wildman–Crippen MR) is 100 cm³/mol. The summed E-state index contributed by atoms with van der Waals surface area (Å²) in [7, 11) is 0. The molecule has 0 atom stereocenters. The quantitative estimate of drug-likeness (QED) is 0.832. The molecule has 27 heavy (non-hydrogen) atoms. The van der Waals surface area contributed by atoms with Gasteiger partial charge in [-0.3, -0.25) is 9.59 Å². The van der Waals surface area contributed by atoms with Gasteiger partial charge in [0.25, 0.3) is 11.8 Å². The van der Waals surface area contributed by atoms with E-state index < -0.39 is 5.82 Å². The highest BCUT2D eigenvalue weighted by atomic mass is 19.1. The molecule has 3 rings (SSSR count). The molecular weight excluding hydrogens is 347 g/mol. The second-order valence-corrected chi connectivity index (χ2v) is 6.74. The van der Waals surface area contributed by atoms with Gasteiger partial charge < -0.3 is 14.5 Å². The van der Waals surface area contributed by atoms with Gasteiger partial charge in [0, 0.05) is 37.8 Å². The van der Waals surface area contributed by atoms with Crippen molar-refractivity contribution in [3.8, 4) is 5.75 Å². The summed E-state index contributed by atoms with van der Waals surface area (Å²) in [6, 6.07) is 11.5. The molecule has 1 aliphatic heterocycles. The highest BCUT2D eigenvalue weighted by molar-refractivity contribution is 5.96. The number of rotatable bonds is 4. The minimum absolute atomic E-state index is 0.00407. The lowest BCUT2D eigenvalue weighted by Crippen LogP contribution is -2.51. The van der Waals surface area contributed by atoms with Crippen LogP contribution in [0.4, 0.5) is 4.39 Å². The average molecular weight is 370 g/mol. The summed E-state index contributed by atoms with van der Waals surface area (Å²) < 4.78 is 18.5. The van der Waals surface area contributed by atoms with Crippen LogP contribution in [0, 0.1) is 19.7 Å². The molecule has 2 aromatic rings. The summed E-state index contributed by atoms with van der Waals surface area (Å²) in [5.41, 5.74) is 2.79. The second-order valence-electron chi connectivity index (χ2n) is 6.74. The highest BCUT2D eigenvalue weighted by Crippen LogP contribution is 2.16. The van der Waals surface area contributed by atoms with Gasteiger partial charge >= 0.3 is 0 Å². The van der Waals surface area contributed by atoms with E-state index in [1.807, 2.05) is 32.0 Å². The maximum atomic E-state index is 13.1. The molecule has 0 aliphatic carbocycles. The Morgan fingerprint density at radius 2 is 1.70 bits per heavy atom. The molecule has 2 amide bonds. The molecule has 1 heterocycles. The summed E-state index contributed by atoms with van der Waals surface area (Å²) in [5, 5.41) is 0. The summed E-state index contributed by atoms with van der Waals surface area (Å²) in [6.07, 6.45) is 0. The Kier molecular flexibility index (Phi) is 5.74. The van der Waals surface area contributed by atoms with E-state index in [-0.39, 0.29) is 18.4 Å². The maximum Gasteiger partial charge on any atom is 0.260 e. The molecule has 0 spiro atoms. The van der Waals surface area contributed by atoms with Gasteiger partial charge in [-0.1, -0.05) is 23.8 Å². The standard InChI is InChI=1S/C21H23FN2O3/c1-15-6-7-19(16(2)12-15)21(26)24-10-8-23(9-11-24)20(25)14-27-18-5-3-4-17(22)13-18/h3-7,12-13H,8-11,14H2,1-2H3. The molecule has 1 aliphatic rings. The lowest BCUT2D eigenvalue weighted by atomic mass is 10.0. The minimum atomic E-state index is -0.404. The van der Waals surface area contributed by atoms with E-state index in [1.54, 1.807) is 15.9 Å². The number of nitrogens with zero attached hydrogens (tertiary/aromatic N) is 2. The number of hydrogen-bond acceptors (Lipinski definition) is 3. The van der Waals surface area contributed by atoms with Crippen LogP contribution < -0.4 is 4.74 Å². The zero-order valence-corrected chi connectivity index (χ0v) is 15.6. The van der Waals surface area contributed by atoms with Gasteiger partial charge in [0.1, 0.15) is 11.6 Å². The summed E-state index contributed by atoms with van der Waals surface area (Å²) >= 11 is 0. The van der Waals surface area contributed by atoms with Crippen molar-refractivity contribution >= 4 is 11.8 Å². The smallest absolute Gasteiger partial charge is 0.260 e. The molecule has 0 radical (unpaired) electrons. The molecule has 6 heteroatoms. The van der Waals surface area contributed by atoms with Gasteiger partial charge in [0.05, 0.1) is 0 Å². The van der Waals surface area contributed by atoms with E-state index in [0.29, 0.717) is 37.5 Å². The van der Waals surface area contributed by atoms with Crippen molar-refractivity contribution < 1.29 is 18.7 Å². The van der Waals surface area contributed by atoms with E-state index >= 15 is 0 Å². The van der Waals surface area contributed by atoms with Crippen LogP contribution in [0.15, 0.2) is 42.5 Å². The number of carbonyl (C=O) groups is 2. The van der Waals surface area contributed by atoms with Gasteiger partial charge in [-0.2, -0.15) is 0 Å². The number of benzene rings is 2. The molecule has 0 unspecified atom stereocenters. The molecular formula is C21H23FN2O3. The van der Waals surface area contributed by atoms with Crippen molar-refractivity contribution in [1.29, 1.82) is 0 Å². The largest absolute Gasteiger partial charge is 0.484 e. The molecule has 2 aromatic carbocycles. The number of piperazine rings is 1. The van der Waals surface area contributed by atoms with Crippen molar-refractivity contribution in [2.75, 3.05) is 32.8 Å². The first-order valence-corrected chi connectivity index (χ1v) is 8.97. The van der Waals surface area contributed by atoms with Crippen LogP contribution >= 0.6 is 0 Å². The van der Waals surface area contributed by atoms with Crippen molar-refractivity contribution in [2.45, 2.75) is 13.8 Å². The fraction of sp³-hybridized carbons (Fsp3) is 0.333. The van der Waals surface area contributed by atoms with E-state index in [0.717, 1.165) is 11.1 Å². The van der Waals surface area contributed by atoms with Crippen LogP contribution in [0.2, 0.25) is 0 Å². The van der Waals surface area contributed by atoms with Crippen LogP contribution in [0.1, 0.15) is 21.5 Å². The van der Waals surface area contributed by atoms with E-state index in [9.17, 15) is 14.0 Å².